The maximum Gasteiger partial charge on any atom is 0.425 e. The molecule has 3 atom stereocenters. The fourth-order valence-corrected chi connectivity index (χ4v) is 6.94. The number of fused-ring (bicyclic) bond motifs is 1. The van der Waals surface area contributed by atoms with Crippen LogP contribution in [-0.4, -0.2) is 91.5 Å². The Kier molecular flexibility index (Phi) is 10.6. The molecule has 4 amide bonds. The van der Waals surface area contributed by atoms with E-state index < -0.39 is 41.4 Å². The number of hydrogen-bond acceptors (Lipinski definition) is 10. The Balaban J connectivity index is 1.35. The minimum Gasteiger partial charge on any atom is -0.443 e. The van der Waals surface area contributed by atoms with Gasteiger partial charge in [0.1, 0.15) is 22.9 Å². The fourth-order valence-electron chi connectivity index (χ4n) is 6.94. The van der Waals surface area contributed by atoms with Crippen molar-refractivity contribution in [3.05, 3.63) is 48.3 Å². The monoisotopic (exact) mass is 717 g/mol. The van der Waals surface area contributed by atoms with Crippen molar-refractivity contribution in [2.45, 2.75) is 123 Å². The van der Waals surface area contributed by atoms with Gasteiger partial charge >= 0.3 is 24.0 Å². The van der Waals surface area contributed by atoms with Gasteiger partial charge in [-0.05, 0) is 86.1 Å². The maximum absolute atomic E-state index is 14.1. The predicted octanol–water partition coefficient (Wildman–Crippen LogP) is 6.57. The van der Waals surface area contributed by atoms with Crippen LogP contribution in [0.15, 0.2) is 42.7 Å². The molecule has 6 rings (SSSR count). The Bertz CT molecular complexity index is 1760. The van der Waals surface area contributed by atoms with Gasteiger partial charge in [-0.2, -0.15) is 10.00 Å². The van der Waals surface area contributed by atoms with E-state index in [4.69, 9.17) is 19.3 Å². The second-order valence-electron chi connectivity index (χ2n) is 16.0. The van der Waals surface area contributed by atoms with Gasteiger partial charge in [0.15, 0.2) is 5.82 Å². The molecular weight excluding hydrogens is 666 g/mol. The van der Waals surface area contributed by atoms with Gasteiger partial charge in [-0.25, -0.2) is 19.3 Å². The molecule has 0 bridgehead atoms. The van der Waals surface area contributed by atoms with E-state index in [-0.39, 0.29) is 34.5 Å². The highest BCUT2D eigenvalue weighted by atomic mass is 16.6. The summed E-state index contributed by atoms with van der Waals surface area (Å²) in [5.74, 6) is -1.62. The first-order valence-corrected chi connectivity index (χ1v) is 18.3. The highest BCUT2D eigenvalue weighted by molar-refractivity contribution is 6.40. The molecule has 14 nitrogen and oxygen atoms in total. The smallest absolute Gasteiger partial charge is 0.425 e. The number of aromatic nitrogens is 3. The lowest BCUT2D eigenvalue weighted by atomic mass is 9.88. The number of amides is 4. The van der Waals surface area contributed by atoms with Crippen molar-refractivity contribution in [2.75, 3.05) is 29.9 Å². The third-order valence-electron chi connectivity index (χ3n) is 9.58. The van der Waals surface area contributed by atoms with Gasteiger partial charge in [-0.1, -0.05) is 36.8 Å². The third-order valence-corrected chi connectivity index (χ3v) is 9.58. The summed E-state index contributed by atoms with van der Waals surface area (Å²) >= 11 is 0. The van der Waals surface area contributed by atoms with Crippen molar-refractivity contribution >= 4 is 46.4 Å². The SMILES string of the molecule is CC1CN(C(=O)C(=O)Nc2cnc(N(C(=O)OC(C)(C)C)C(=O)OC(C)(C)C)c3cn(C4CCCCO4)nc23)C(c2ccccc2)CN1C1CCC1. The molecule has 0 spiro atoms. The molecule has 3 unspecified atom stereocenters. The summed E-state index contributed by atoms with van der Waals surface area (Å²) in [5.41, 5.74) is -0.575. The highest BCUT2D eigenvalue weighted by Gasteiger charge is 2.42. The minimum absolute atomic E-state index is 0.0764. The van der Waals surface area contributed by atoms with Gasteiger partial charge in [0.2, 0.25) is 0 Å². The minimum atomic E-state index is -0.994. The molecule has 3 aliphatic rings. The molecule has 1 aliphatic carbocycles. The molecule has 14 heteroatoms. The third kappa shape index (κ3) is 8.23. The molecule has 2 aromatic heterocycles. The Morgan fingerprint density at radius 2 is 1.58 bits per heavy atom. The van der Waals surface area contributed by atoms with Crippen LogP contribution in [-0.2, 0) is 23.8 Å². The maximum atomic E-state index is 14.1. The van der Waals surface area contributed by atoms with E-state index in [1.807, 2.05) is 30.3 Å². The number of carbonyl (C=O) groups excluding carboxylic acids is 4. The number of hydrogen-bond donors (Lipinski definition) is 1. The zero-order valence-electron chi connectivity index (χ0n) is 31.3. The number of pyridine rings is 1. The van der Waals surface area contributed by atoms with Crippen molar-refractivity contribution in [2.24, 2.45) is 0 Å². The summed E-state index contributed by atoms with van der Waals surface area (Å²) in [6.07, 6.45) is 6.49. The number of anilines is 2. The molecule has 52 heavy (non-hydrogen) atoms. The van der Waals surface area contributed by atoms with Crippen LogP contribution in [0.4, 0.5) is 21.1 Å². The number of ether oxygens (including phenoxy) is 3. The Labute approximate surface area is 304 Å². The summed E-state index contributed by atoms with van der Waals surface area (Å²) in [6, 6.07) is 10.0. The Hall–Kier alpha value is -4.56. The second-order valence-corrected chi connectivity index (χ2v) is 16.0. The van der Waals surface area contributed by atoms with Crippen molar-refractivity contribution in [1.29, 1.82) is 0 Å². The molecule has 3 fully saturated rings. The van der Waals surface area contributed by atoms with Crippen molar-refractivity contribution in [3.8, 4) is 0 Å². The number of nitrogens with one attached hydrogen (secondary N) is 1. The van der Waals surface area contributed by atoms with E-state index in [1.54, 1.807) is 57.3 Å². The molecule has 1 aromatic carbocycles. The van der Waals surface area contributed by atoms with E-state index in [0.29, 0.717) is 32.2 Å². The zero-order valence-corrected chi connectivity index (χ0v) is 31.3. The zero-order chi connectivity index (χ0) is 37.4. The largest absolute Gasteiger partial charge is 0.443 e. The van der Waals surface area contributed by atoms with Crippen LogP contribution in [0, 0.1) is 0 Å². The van der Waals surface area contributed by atoms with E-state index in [0.717, 1.165) is 36.1 Å². The highest BCUT2D eigenvalue weighted by Crippen LogP contribution is 2.36. The Morgan fingerprint density at radius 3 is 2.15 bits per heavy atom. The number of imide groups is 1. The van der Waals surface area contributed by atoms with Crippen LogP contribution >= 0.6 is 0 Å². The van der Waals surface area contributed by atoms with E-state index in [1.165, 1.54) is 12.6 Å². The van der Waals surface area contributed by atoms with Gasteiger partial charge in [-0.3, -0.25) is 14.5 Å². The van der Waals surface area contributed by atoms with Crippen LogP contribution in [0.2, 0.25) is 0 Å². The van der Waals surface area contributed by atoms with Crippen LogP contribution in [0.1, 0.15) is 105 Å². The molecule has 1 N–H and O–H groups in total. The average molecular weight is 718 g/mol. The molecule has 280 valence electrons. The van der Waals surface area contributed by atoms with Crippen molar-refractivity contribution in [1.82, 2.24) is 24.6 Å². The predicted molar refractivity (Wildman–Crippen MR) is 195 cm³/mol. The van der Waals surface area contributed by atoms with Gasteiger partial charge in [0.25, 0.3) is 0 Å². The summed E-state index contributed by atoms with van der Waals surface area (Å²) in [6.45, 7) is 13.8. The lowest BCUT2D eigenvalue weighted by Gasteiger charge is -2.50. The van der Waals surface area contributed by atoms with E-state index >= 15 is 0 Å². The number of piperazine rings is 1. The molecular formula is C38H51N7O7. The van der Waals surface area contributed by atoms with Crippen LogP contribution in [0.5, 0.6) is 0 Å². The van der Waals surface area contributed by atoms with Crippen LogP contribution in [0.3, 0.4) is 0 Å². The lowest BCUT2D eigenvalue weighted by Crippen LogP contribution is -2.60. The first kappa shape index (κ1) is 37.2. The number of benzene rings is 1. The number of rotatable bonds is 5. The van der Waals surface area contributed by atoms with E-state index in [2.05, 4.69) is 22.1 Å². The molecule has 4 heterocycles. The number of carbonyl (C=O) groups is 4. The van der Waals surface area contributed by atoms with Gasteiger partial charge in [-0.15, -0.1) is 0 Å². The summed E-state index contributed by atoms with van der Waals surface area (Å²) in [4.78, 5) is 64.6. The van der Waals surface area contributed by atoms with Gasteiger partial charge in [0.05, 0.1) is 23.3 Å². The molecule has 1 saturated carbocycles. The molecule has 0 radical (unpaired) electrons. The lowest BCUT2D eigenvalue weighted by molar-refractivity contribution is -0.149. The quantitative estimate of drug-likeness (QED) is 0.287. The van der Waals surface area contributed by atoms with Crippen molar-refractivity contribution in [3.63, 3.8) is 0 Å². The Morgan fingerprint density at radius 1 is 0.904 bits per heavy atom. The summed E-state index contributed by atoms with van der Waals surface area (Å²) in [5, 5.41) is 7.79. The average Bonchev–Trinajstić information content (AvgIpc) is 3.51. The topological polar surface area (TPSA) is 148 Å². The number of nitrogens with zero attached hydrogens (tertiary/aromatic N) is 6. The standard InChI is InChI=1S/C38H51N7O7/c1-24-21-43(29(25-14-9-8-10-15-25)23-42(24)26-16-13-17-26)34(47)33(46)40-28-20-39-32(27-22-44(41-31(27)28)30-18-11-12-19-50-30)45(35(48)51-37(2,3)4)36(49)52-38(5,6)7/h8-10,14-15,20,22,24,26,29-30H,11-13,16-19,21,23H2,1-7H3,(H,40,46). The second kappa shape index (κ2) is 14.8. The van der Waals surface area contributed by atoms with Gasteiger partial charge < -0.3 is 24.4 Å². The van der Waals surface area contributed by atoms with Gasteiger partial charge in [0, 0.05) is 38.0 Å². The molecule has 2 aliphatic heterocycles. The summed E-state index contributed by atoms with van der Waals surface area (Å²) < 4.78 is 18.8. The van der Waals surface area contributed by atoms with Crippen LogP contribution in [0.25, 0.3) is 10.9 Å². The van der Waals surface area contributed by atoms with Crippen molar-refractivity contribution < 1.29 is 33.4 Å². The summed E-state index contributed by atoms with van der Waals surface area (Å²) in [7, 11) is 0. The van der Waals surface area contributed by atoms with E-state index in [9.17, 15) is 19.2 Å². The molecule has 3 aromatic rings. The fraction of sp³-hybridized carbons (Fsp3) is 0.579. The first-order valence-electron chi connectivity index (χ1n) is 18.3. The normalized spacial score (nSPS) is 21.7. The van der Waals surface area contributed by atoms with Crippen LogP contribution < -0.4 is 10.2 Å². The molecule has 2 saturated heterocycles. The first-order chi connectivity index (χ1) is 24.6.